The first-order chi connectivity index (χ1) is 11.3. The van der Waals surface area contributed by atoms with Crippen molar-refractivity contribution in [2.75, 3.05) is 31.3 Å². The molecule has 0 saturated heterocycles. The molecule has 128 valence electrons. The molecule has 2 aromatic carbocycles. The van der Waals surface area contributed by atoms with Gasteiger partial charge in [-0.2, -0.15) is 0 Å². The van der Waals surface area contributed by atoms with Crippen molar-refractivity contribution in [3.05, 3.63) is 54.3 Å². The van der Waals surface area contributed by atoms with Crippen LogP contribution in [0.3, 0.4) is 0 Å². The minimum atomic E-state index is -3.49. The number of halogens is 1. The van der Waals surface area contributed by atoms with Crippen LogP contribution in [0.1, 0.15) is 0 Å². The fourth-order valence-corrected chi connectivity index (χ4v) is 2.78. The van der Waals surface area contributed by atoms with Crippen LogP contribution in [0.25, 0.3) is 0 Å². The van der Waals surface area contributed by atoms with Crippen LogP contribution in [0.5, 0.6) is 0 Å². The maximum atomic E-state index is 12.8. The lowest BCUT2D eigenvalue weighted by atomic mass is 10.3. The van der Waals surface area contributed by atoms with E-state index in [0.29, 0.717) is 11.4 Å². The first kappa shape index (κ1) is 17.9. The molecule has 0 fully saturated rings. The molecular weight excluding hydrogens is 333 g/mol. The third-order valence-corrected chi connectivity index (χ3v) is 5.04. The molecule has 0 spiro atoms. The fourth-order valence-electron chi connectivity index (χ4n) is 1.88. The van der Waals surface area contributed by atoms with E-state index in [1.807, 2.05) is 0 Å². The summed E-state index contributed by atoms with van der Waals surface area (Å²) in [4.78, 5) is 12.0. The van der Waals surface area contributed by atoms with Gasteiger partial charge in [-0.25, -0.2) is 17.1 Å². The lowest BCUT2D eigenvalue weighted by molar-refractivity contribution is -0.114. The van der Waals surface area contributed by atoms with E-state index in [1.165, 1.54) is 62.6 Å². The molecule has 1 amide bonds. The molecule has 0 atom stereocenters. The van der Waals surface area contributed by atoms with E-state index in [-0.39, 0.29) is 23.2 Å². The van der Waals surface area contributed by atoms with Gasteiger partial charge in [0.25, 0.3) is 0 Å². The van der Waals surface area contributed by atoms with Crippen molar-refractivity contribution >= 4 is 27.3 Å². The first-order valence-electron chi connectivity index (χ1n) is 7.11. The quantitative estimate of drug-likeness (QED) is 0.836. The molecule has 0 aliphatic carbocycles. The van der Waals surface area contributed by atoms with Gasteiger partial charge in [-0.3, -0.25) is 4.79 Å². The number of anilines is 2. The third kappa shape index (κ3) is 4.53. The second-order valence-electron chi connectivity index (χ2n) is 5.22. The molecule has 8 heteroatoms. The first-order valence-corrected chi connectivity index (χ1v) is 8.55. The third-order valence-electron chi connectivity index (χ3n) is 3.21. The number of carbonyl (C=O) groups excluding carboxylic acids is 1. The molecule has 24 heavy (non-hydrogen) atoms. The molecule has 0 aromatic heterocycles. The Balaban J connectivity index is 1.93. The smallest absolute Gasteiger partial charge is 0.243 e. The molecule has 0 saturated carbocycles. The summed E-state index contributed by atoms with van der Waals surface area (Å²) >= 11 is 0. The van der Waals surface area contributed by atoms with Crippen LogP contribution in [0, 0.1) is 5.82 Å². The molecule has 0 aliphatic heterocycles. The fraction of sp³-hybridized carbons (Fsp3) is 0.188. The largest absolute Gasteiger partial charge is 0.376 e. The Morgan fingerprint density at radius 2 is 1.54 bits per heavy atom. The number of nitrogens with zero attached hydrogens (tertiary/aromatic N) is 1. The van der Waals surface area contributed by atoms with Crippen LogP contribution in [0.4, 0.5) is 15.8 Å². The normalized spacial score (nSPS) is 11.3. The van der Waals surface area contributed by atoms with Crippen LogP contribution in [-0.2, 0) is 14.8 Å². The molecule has 0 unspecified atom stereocenters. The Morgan fingerprint density at radius 1 is 1.00 bits per heavy atom. The van der Waals surface area contributed by atoms with Crippen LogP contribution in [0.15, 0.2) is 53.4 Å². The zero-order chi connectivity index (χ0) is 17.7. The van der Waals surface area contributed by atoms with Gasteiger partial charge in [-0.15, -0.1) is 0 Å². The molecule has 0 bridgehead atoms. The number of hydrogen-bond acceptors (Lipinski definition) is 4. The summed E-state index contributed by atoms with van der Waals surface area (Å²) in [6.07, 6.45) is 0. The molecule has 0 heterocycles. The Morgan fingerprint density at radius 3 is 2.08 bits per heavy atom. The molecule has 0 aliphatic rings. The Labute approximate surface area is 140 Å². The monoisotopic (exact) mass is 351 g/mol. The summed E-state index contributed by atoms with van der Waals surface area (Å²) in [5.41, 5.74) is 1.11. The minimum absolute atomic E-state index is 0.00335. The van der Waals surface area contributed by atoms with Gasteiger partial charge in [0, 0.05) is 25.5 Å². The lowest BCUT2D eigenvalue weighted by Gasteiger charge is -2.12. The number of hydrogen-bond donors (Lipinski definition) is 2. The van der Waals surface area contributed by atoms with Crippen LogP contribution in [-0.4, -0.2) is 39.3 Å². The van der Waals surface area contributed by atoms with Crippen LogP contribution < -0.4 is 10.6 Å². The Kier molecular flexibility index (Phi) is 5.53. The number of amides is 1. The maximum absolute atomic E-state index is 12.8. The Hall–Kier alpha value is -2.45. The van der Waals surface area contributed by atoms with Gasteiger partial charge in [0.1, 0.15) is 5.82 Å². The summed E-state index contributed by atoms with van der Waals surface area (Å²) < 4.78 is 37.8. The minimum Gasteiger partial charge on any atom is -0.376 e. The zero-order valence-electron chi connectivity index (χ0n) is 13.3. The zero-order valence-corrected chi connectivity index (χ0v) is 14.1. The summed E-state index contributed by atoms with van der Waals surface area (Å²) in [6.45, 7) is 0.00335. The predicted octanol–water partition coefficient (Wildman–Crippen LogP) is 2.13. The second-order valence-corrected chi connectivity index (χ2v) is 7.37. The van der Waals surface area contributed by atoms with Crippen molar-refractivity contribution in [3.63, 3.8) is 0 Å². The van der Waals surface area contributed by atoms with E-state index in [1.54, 1.807) is 0 Å². The second kappa shape index (κ2) is 7.41. The van der Waals surface area contributed by atoms with Crippen LogP contribution in [0.2, 0.25) is 0 Å². The van der Waals surface area contributed by atoms with Crippen molar-refractivity contribution in [3.8, 4) is 0 Å². The van der Waals surface area contributed by atoms with Gasteiger partial charge in [0.15, 0.2) is 0 Å². The molecule has 2 N–H and O–H groups in total. The number of benzene rings is 2. The average molecular weight is 351 g/mol. The van der Waals surface area contributed by atoms with Gasteiger partial charge < -0.3 is 10.6 Å². The highest BCUT2D eigenvalue weighted by Crippen LogP contribution is 2.16. The summed E-state index contributed by atoms with van der Waals surface area (Å²) in [5, 5.41) is 5.51. The van der Waals surface area contributed by atoms with Crippen molar-refractivity contribution in [1.29, 1.82) is 0 Å². The maximum Gasteiger partial charge on any atom is 0.243 e. The topological polar surface area (TPSA) is 78.5 Å². The van der Waals surface area contributed by atoms with Crippen molar-refractivity contribution in [2.24, 2.45) is 0 Å². The summed E-state index contributed by atoms with van der Waals surface area (Å²) in [7, 11) is -0.593. The number of sulfonamides is 1. The number of rotatable bonds is 6. The average Bonchev–Trinajstić information content (AvgIpc) is 2.54. The van der Waals surface area contributed by atoms with E-state index in [0.717, 1.165) is 4.31 Å². The SMILES string of the molecule is CN(C)S(=O)(=O)c1ccc(NC(=O)CNc2ccc(F)cc2)cc1. The summed E-state index contributed by atoms with van der Waals surface area (Å²) in [5.74, 6) is -0.652. The molecule has 0 radical (unpaired) electrons. The highest BCUT2D eigenvalue weighted by molar-refractivity contribution is 7.89. The molecular formula is C16H18FN3O3S. The van der Waals surface area contributed by atoms with E-state index < -0.39 is 10.0 Å². The molecule has 2 aromatic rings. The standard InChI is InChI=1S/C16H18FN3O3S/c1-20(2)24(22,23)15-9-7-14(8-10-15)19-16(21)11-18-13-5-3-12(17)4-6-13/h3-10,18H,11H2,1-2H3,(H,19,21). The van der Waals surface area contributed by atoms with Crippen molar-refractivity contribution in [2.45, 2.75) is 4.90 Å². The molecule has 2 rings (SSSR count). The van der Waals surface area contributed by atoms with Crippen LogP contribution >= 0.6 is 0 Å². The highest BCUT2D eigenvalue weighted by atomic mass is 32.2. The van der Waals surface area contributed by atoms with Crippen molar-refractivity contribution < 1.29 is 17.6 Å². The lowest BCUT2D eigenvalue weighted by Crippen LogP contribution is -2.23. The van der Waals surface area contributed by atoms with Gasteiger partial charge in [-0.1, -0.05) is 0 Å². The van der Waals surface area contributed by atoms with Gasteiger partial charge in [-0.05, 0) is 48.5 Å². The van der Waals surface area contributed by atoms with Crippen molar-refractivity contribution in [1.82, 2.24) is 4.31 Å². The van der Waals surface area contributed by atoms with Gasteiger partial charge in [0.05, 0.1) is 11.4 Å². The van der Waals surface area contributed by atoms with Gasteiger partial charge in [0.2, 0.25) is 15.9 Å². The number of carbonyl (C=O) groups is 1. The highest BCUT2D eigenvalue weighted by Gasteiger charge is 2.16. The van der Waals surface area contributed by atoms with E-state index >= 15 is 0 Å². The van der Waals surface area contributed by atoms with E-state index in [4.69, 9.17) is 0 Å². The number of nitrogens with one attached hydrogen (secondary N) is 2. The summed E-state index contributed by atoms with van der Waals surface area (Å²) in [6, 6.07) is 11.6. The Bertz CT molecular complexity index is 803. The van der Waals surface area contributed by atoms with Gasteiger partial charge >= 0.3 is 0 Å². The van der Waals surface area contributed by atoms with E-state index in [2.05, 4.69) is 10.6 Å². The van der Waals surface area contributed by atoms with E-state index in [9.17, 15) is 17.6 Å². The predicted molar refractivity (Wildman–Crippen MR) is 90.8 cm³/mol. The molecule has 6 nitrogen and oxygen atoms in total.